The molecule has 0 aliphatic carbocycles. The van der Waals surface area contributed by atoms with Crippen LogP contribution in [0.2, 0.25) is 0 Å². The van der Waals surface area contributed by atoms with Crippen molar-refractivity contribution >= 4 is 47.0 Å². The van der Waals surface area contributed by atoms with Crippen LogP contribution in [0.25, 0.3) is 11.0 Å². The molecule has 0 saturated carbocycles. The fraction of sp³-hybridized carbons (Fsp3) is 0.474. The molecule has 2 aromatic rings. The number of nitrogens with zero attached hydrogens (tertiary/aromatic N) is 2. The molecule has 1 aromatic carbocycles. The van der Waals surface area contributed by atoms with Gasteiger partial charge >= 0.3 is 6.09 Å². The average molecular weight is 486 g/mol. The van der Waals surface area contributed by atoms with Crippen LogP contribution in [-0.4, -0.2) is 49.7 Å². The molecule has 1 amide bonds. The lowest BCUT2D eigenvalue weighted by Gasteiger charge is -2.32. The molecular weight excluding hydrogens is 459 g/mol. The Hall–Kier alpha value is -1.97. The van der Waals surface area contributed by atoms with E-state index in [4.69, 9.17) is 9.15 Å². The van der Waals surface area contributed by atoms with Gasteiger partial charge in [-0.3, -0.25) is 4.99 Å². The number of piperidine rings is 1. The zero-order valence-electron chi connectivity index (χ0n) is 15.7. The van der Waals surface area contributed by atoms with Crippen molar-refractivity contribution in [3.63, 3.8) is 0 Å². The number of aliphatic imine (C=N–C) groups is 1. The highest BCUT2D eigenvalue weighted by atomic mass is 127. The third-order valence-corrected chi connectivity index (χ3v) is 4.49. The smallest absolute Gasteiger partial charge is 0.409 e. The highest BCUT2D eigenvalue weighted by Crippen LogP contribution is 2.18. The van der Waals surface area contributed by atoms with E-state index in [0.717, 1.165) is 35.5 Å². The van der Waals surface area contributed by atoms with Gasteiger partial charge in [0.05, 0.1) is 13.2 Å². The van der Waals surface area contributed by atoms with Gasteiger partial charge in [-0.25, -0.2) is 4.79 Å². The Labute approximate surface area is 176 Å². The maximum atomic E-state index is 11.8. The lowest BCUT2D eigenvalue weighted by Crippen LogP contribution is -2.49. The van der Waals surface area contributed by atoms with Gasteiger partial charge in [-0.2, -0.15) is 0 Å². The number of carbonyl (C=O) groups is 1. The van der Waals surface area contributed by atoms with E-state index in [2.05, 4.69) is 15.6 Å². The van der Waals surface area contributed by atoms with E-state index >= 15 is 0 Å². The summed E-state index contributed by atoms with van der Waals surface area (Å²) in [4.78, 5) is 17.8. The lowest BCUT2D eigenvalue weighted by atomic mass is 10.1. The van der Waals surface area contributed by atoms with Crippen LogP contribution in [0.3, 0.4) is 0 Å². The number of benzene rings is 1. The predicted molar refractivity (Wildman–Crippen MR) is 117 cm³/mol. The van der Waals surface area contributed by atoms with Crippen LogP contribution in [-0.2, 0) is 11.3 Å². The third-order valence-electron chi connectivity index (χ3n) is 4.49. The van der Waals surface area contributed by atoms with Gasteiger partial charge in [0.2, 0.25) is 0 Å². The number of hydrogen-bond acceptors (Lipinski definition) is 4. The SMILES string of the molecule is CCOC(=O)N1CCC(NC(=NC)NCc2cc3ccccc3o2)CC1.I. The zero-order valence-corrected chi connectivity index (χ0v) is 18.1. The van der Waals surface area contributed by atoms with Gasteiger partial charge in [0.15, 0.2) is 5.96 Å². The number of rotatable bonds is 4. The van der Waals surface area contributed by atoms with Crippen LogP contribution >= 0.6 is 24.0 Å². The third kappa shape index (κ3) is 5.75. The van der Waals surface area contributed by atoms with Crippen LogP contribution in [0.4, 0.5) is 4.79 Å². The molecule has 27 heavy (non-hydrogen) atoms. The number of para-hydroxylation sites is 1. The van der Waals surface area contributed by atoms with Crippen LogP contribution in [0.1, 0.15) is 25.5 Å². The molecule has 1 aromatic heterocycles. The summed E-state index contributed by atoms with van der Waals surface area (Å²) in [5, 5.41) is 7.80. The first-order valence-electron chi connectivity index (χ1n) is 9.06. The fourth-order valence-electron chi connectivity index (χ4n) is 3.10. The number of carbonyl (C=O) groups excluding carboxylic acids is 1. The fourth-order valence-corrected chi connectivity index (χ4v) is 3.10. The van der Waals surface area contributed by atoms with E-state index in [9.17, 15) is 4.79 Å². The molecule has 1 fully saturated rings. The average Bonchev–Trinajstić information content (AvgIpc) is 3.08. The molecule has 0 bridgehead atoms. The minimum atomic E-state index is -0.224. The summed E-state index contributed by atoms with van der Waals surface area (Å²) in [6.45, 7) is 4.18. The number of nitrogens with one attached hydrogen (secondary N) is 2. The van der Waals surface area contributed by atoms with Gasteiger partial charge in [-0.05, 0) is 31.9 Å². The van der Waals surface area contributed by atoms with Crippen LogP contribution in [0.15, 0.2) is 39.7 Å². The summed E-state index contributed by atoms with van der Waals surface area (Å²) in [5.41, 5.74) is 0.888. The number of amides is 1. The summed E-state index contributed by atoms with van der Waals surface area (Å²) in [5.74, 6) is 1.60. The number of ether oxygens (including phenoxy) is 1. The molecule has 7 nitrogen and oxygen atoms in total. The van der Waals surface area contributed by atoms with Gasteiger partial charge < -0.3 is 24.7 Å². The van der Waals surface area contributed by atoms with Crippen molar-refractivity contribution in [2.24, 2.45) is 4.99 Å². The first-order chi connectivity index (χ1) is 12.7. The lowest BCUT2D eigenvalue weighted by molar-refractivity contribution is 0.0963. The Bertz CT molecular complexity index is 736. The van der Waals surface area contributed by atoms with Crippen molar-refractivity contribution in [1.29, 1.82) is 0 Å². The molecule has 3 rings (SSSR count). The van der Waals surface area contributed by atoms with Gasteiger partial charge in [0.25, 0.3) is 0 Å². The maximum Gasteiger partial charge on any atom is 0.409 e. The molecule has 8 heteroatoms. The molecule has 2 heterocycles. The monoisotopic (exact) mass is 486 g/mol. The Morgan fingerprint density at radius 2 is 2.07 bits per heavy atom. The van der Waals surface area contributed by atoms with Crippen LogP contribution < -0.4 is 10.6 Å². The number of likely N-dealkylation sites (tertiary alicyclic amines) is 1. The minimum absolute atomic E-state index is 0. The number of halogens is 1. The molecule has 0 spiro atoms. The number of guanidine groups is 1. The van der Waals surface area contributed by atoms with Crippen LogP contribution in [0, 0.1) is 0 Å². The Balaban J connectivity index is 0.00000261. The minimum Gasteiger partial charge on any atom is -0.459 e. The van der Waals surface area contributed by atoms with Gasteiger partial charge in [-0.1, -0.05) is 18.2 Å². The van der Waals surface area contributed by atoms with Crippen molar-refractivity contribution in [2.45, 2.75) is 32.4 Å². The molecule has 2 N–H and O–H groups in total. The summed E-state index contributed by atoms with van der Waals surface area (Å²) >= 11 is 0. The Morgan fingerprint density at radius 1 is 1.33 bits per heavy atom. The number of fused-ring (bicyclic) bond motifs is 1. The summed E-state index contributed by atoms with van der Waals surface area (Å²) in [6.07, 6.45) is 1.51. The van der Waals surface area contributed by atoms with E-state index in [0.29, 0.717) is 26.2 Å². The van der Waals surface area contributed by atoms with Crippen molar-refractivity contribution in [1.82, 2.24) is 15.5 Å². The Kier molecular flexibility index (Phi) is 8.21. The van der Waals surface area contributed by atoms with E-state index in [-0.39, 0.29) is 36.1 Å². The van der Waals surface area contributed by atoms with Gasteiger partial charge in [-0.15, -0.1) is 24.0 Å². The first kappa shape index (κ1) is 21.3. The highest BCUT2D eigenvalue weighted by molar-refractivity contribution is 14.0. The van der Waals surface area contributed by atoms with Gasteiger partial charge in [0.1, 0.15) is 11.3 Å². The van der Waals surface area contributed by atoms with E-state index in [1.165, 1.54) is 0 Å². The summed E-state index contributed by atoms with van der Waals surface area (Å²) in [7, 11) is 1.75. The number of furan rings is 1. The molecule has 148 valence electrons. The quantitative estimate of drug-likeness (QED) is 0.394. The summed E-state index contributed by atoms with van der Waals surface area (Å²) in [6, 6.07) is 10.3. The molecule has 1 saturated heterocycles. The van der Waals surface area contributed by atoms with E-state index in [1.807, 2.05) is 37.3 Å². The second-order valence-corrected chi connectivity index (χ2v) is 6.28. The van der Waals surface area contributed by atoms with Crippen LogP contribution in [0.5, 0.6) is 0 Å². The van der Waals surface area contributed by atoms with Crippen molar-refractivity contribution in [2.75, 3.05) is 26.7 Å². The highest BCUT2D eigenvalue weighted by Gasteiger charge is 2.24. The molecule has 1 aliphatic rings. The topological polar surface area (TPSA) is 79.1 Å². The van der Waals surface area contributed by atoms with E-state index in [1.54, 1.807) is 11.9 Å². The largest absolute Gasteiger partial charge is 0.459 e. The van der Waals surface area contributed by atoms with Crippen molar-refractivity contribution < 1.29 is 13.9 Å². The molecule has 0 atom stereocenters. The van der Waals surface area contributed by atoms with E-state index < -0.39 is 0 Å². The van der Waals surface area contributed by atoms with Gasteiger partial charge in [0, 0.05) is 31.6 Å². The second kappa shape index (κ2) is 10.4. The molecule has 1 aliphatic heterocycles. The molecular formula is C19H27IN4O3. The standard InChI is InChI=1S/C19H26N4O3.HI/c1-3-25-19(24)23-10-8-15(9-11-23)22-18(20-2)21-13-16-12-14-6-4-5-7-17(14)26-16;/h4-7,12,15H,3,8-11,13H2,1-2H3,(H2,20,21,22);1H. The van der Waals surface area contributed by atoms with Crippen molar-refractivity contribution in [3.8, 4) is 0 Å². The van der Waals surface area contributed by atoms with Crippen molar-refractivity contribution in [3.05, 3.63) is 36.1 Å². The summed E-state index contributed by atoms with van der Waals surface area (Å²) < 4.78 is 10.9. The molecule has 0 radical (unpaired) electrons. The Morgan fingerprint density at radius 3 is 2.74 bits per heavy atom. The first-order valence-corrected chi connectivity index (χ1v) is 9.06. The molecule has 0 unspecified atom stereocenters. The normalized spacial score (nSPS) is 15.3. The number of hydrogen-bond donors (Lipinski definition) is 2. The maximum absolute atomic E-state index is 11.8. The second-order valence-electron chi connectivity index (χ2n) is 6.28. The predicted octanol–water partition coefficient (Wildman–Crippen LogP) is 3.34. The zero-order chi connectivity index (χ0) is 18.4.